The Morgan fingerprint density at radius 2 is 1.46 bits per heavy atom. The summed E-state index contributed by atoms with van der Waals surface area (Å²) in [5, 5.41) is 21.3. The van der Waals surface area contributed by atoms with E-state index in [1.54, 1.807) is 47.4 Å². The van der Waals surface area contributed by atoms with Crippen LogP contribution in [0.25, 0.3) is 0 Å². The molecule has 2 rings (SSSR count). The first-order valence-corrected chi connectivity index (χ1v) is 13.1. The predicted octanol–water partition coefficient (Wildman–Crippen LogP) is 4.91. The number of hydrogen-bond acceptors (Lipinski definition) is 7. The van der Waals surface area contributed by atoms with Gasteiger partial charge in [0.05, 0.1) is 18.8 Å². The van der Waals surface area contributed by atoms with Gasteiger partial charge in [0, 0.05) is 23.7 Å². The van der Waals surface area contributed by atoms with Crippen LogP contribution < -0.4 is 19.9 Å². The maximum Gasteiger partial charge on any atom is 0.347 e. The lowest BCUT2D eigenvalue weighted by Crippen LogP contribution is -2.43. The monoisotopic (exact) mass is 543 g/mol. The molecule has 0 spiro atoms. The predicted molar refractivity (Wildman–Crippen MR) is 149 cm³/mol. The molecule has 0 atom stereocenters. The van der Waals surface area contributed by atoms with Gasteiger partial charge in [-0.25, -0.2) is 4.79 Å². The average Bonchev–Trinajstić information content (AvgIpc) is 2.87. The number of ether oxygens (including phenoxy) is 3. The normalized spacial score (nSPS) is 11.9. The van der Waals surface area contributed by atoms with Crippen molar-refractivity contribution in [3.05, 3.63) is 53.6 Å². The van der Waals surface area contributed by atoms with E-state index < -0.39 is 11.6 Å². The summed E-state index contributed by atoms with van der Waals surface area (Å²) in [5.41, 5.74) is 4.92. The summed E-state index contributed by atoms with van der Waals surface area (Å²) in [7, 11) is 0. The van der Waals surface area contributed by atoms with E-state index in [1.807, 2.05) is 27.7 Å². The largest absolute Gasteiger partial charge is 0.494 e. The lowest BCUT2D eigenvalue weighted by molar-refractivity contribution is -0.152. The third-order valence-corrected chi connectivity index (χ3v) is 5.99. The number of hydrogen-bond donors (Lipinski definition) is 3. The van der Waals surface area contributed by atoms with Crippen molar-refractivity contribution < 1.29 is 34.1 Å². The van der Waals surface area contributed by atoms with E-state index in [0.29, 0.717) is 30.3 Å². The summed E-state index contributed by atoms with van der Waals surface area (Å²) in [5.74, 6) is 0.0226. The molecule has 0 fully saturated rings. The number of nitrogens with zero attached hydrogens (tertiary/aromatic N) is 2. The van der Waals surface area contributed by atoms with Crippen molar-refractivity contribution in [2.75, 3.05) is 13.2 Å². The number of carboxylic acid groups (broad SMARTS) is 1. The molecule has 0 heterocycles. The molecular formula is C29H41N3O7. The van der Waals surface area contributed by atoms with Gasteiger partial charge in [-0.05, 0) is 97.2 Å². The molecule has 0 saturated heterocycles. The van der Waals surface area contributed by atoms with Gasteiger partial charge >= 0.3 is 5.97 Å². The molecule has 0 radical (unpaired) electrons. The van der Waals surface area contributed by atoms with Gasteiger partial charge in [-0.15, -0.1) is 0 Å². The average molecular weight is 544 g/mol. The van der Waals surface area contributed by atoms with Crippen LogP contribution in [0.5, 0.6) is 17.2 Å². The molecule has 0 unspecified atom stereocenters. The number of unbranched alkanes of at least 4 members (excludes halogenated alkanes) is 2. The fraction of sp³-hybridized carbons (Fsp3) is 0.483. The molecule has 0 aliphatic carbocycles. The Morgan fingerprint density at radius 1 is 0.923 bits per heavy atom. The second-order valence-corrected chi connectivity index (χ2v) is 10.2. The van der Waals surface area contributed by atoms with Gasteiger partial charge in [0.25, 0.3) is 5.91 Å². The van der Waals surface area contributed by atoms with Crippen LogP contribution >= 0.6 is 0 Å². The van der Waals surface area contributed by atoms with E-state index in [2.05, 4.69) is 5.16 Å². The van der Waals surface area contributed by atoms with Crippen LogP contribution in [-0.4, -0.2) is 63.8 Å². The number of amides is 1. The highest BCUT2D eigenvalue weighted by Gasteiger charge is 2.32. The molecule has 1 amide bonds. The Hall–Kier alpha value is -3.95. The molecular weight excluding hydrogens is 502 g/mol. The fourth-order valence-electron chi connectivity index (χ4n) is 3.92. The van der Waals surface area contributed by atoms with Crippen LogP contribution in [0.4, 0.5) is 0 Å². The van der Waals surface area contributed by atoms with Crippen LogP contribution in [-0.2, 0) is 4.79 Å². The van der Waals surface area contributed by atoms with Gasteiger partial charge in [-0.2, -0.15) is 0 Å². The highest BCUT2D eigenvalue weighted by Crippen LogP contribution is 2.31. The molecule has 0 aliphatic heterocycles. The lowest BCUT2D eigenvalue weighted by Gasteiger charge is -2.32. The van der Waals surface area contributed by atoms with Crippen molar-refractivity contribution >= 4 is 17.7 Å². The van der Waals surface area contributed by atoms with Gasteiger partial charge < -0.3 is 35.2 Å². The van der Waals surface area contributed by atoms with Crippen LogP contribution in [0, 0.1) is 0 Å². The van der Waals surface area contributed by atoms with Crippen molar-refractivity contribution in [2.45, 2.75) is 78.5 Å². The number of carbonyl (C=O) groups excluding carboxylic acids is 1. The molecule has 0 saturated carbocycles. The lowest BCUT2D eigenvalue weighted by atomic mass is 10.1. The number of carbonyl (C=O) groups is 2. The first kappa shape index (κ1) is 31.3. The summed E-state index contributed by atoms with van der Waals surface area (Å²) in [6, 6.07) is 11.8. The smallest absolute Gasteiger partial charge is 0.347 e. The summed E-state index contributed by atoms with van der Waals surface area (Å²) in [6.07, 6.45) is 2.46. The zero-order valence-electron chi connectivity index (χ0n) is 23.6. The molecule has 2 aromatic rings. The fourth-order valence-corrected chi connectivity index (χ4v) is 3.92. The molecule has 214 valence electrons. The second kappa shape index (κ2) is 14.3. The van der Waals surface area contributed by atoms with Crippen molar-refractivity contribution in [1.82, 2.24) is 4.90 Å². The van der Waals surface area contributed by atoms with Crippen molar-refractivity contribution in [3.8, 4) is 17.2 Å². The number of oxime groups is 1. The molecule has 0 bridgehead atoms. The van der Waals surface area contributed by atoms with E-state index in [0.717, 1.165) is 19.3 Å². The molecule has 2 aromatic carbocycles. The number of nitrogens with two attached hydrogens (primary N) is 1. The first-order chi connectivity index (χ1) is 18.4. The van der Waals surface area contributed by atoms with Crippen molar-refractivity contribution in [1.29, 1.82) is 0 Å². The van der Waals surface area contributed by atoms with Gasteiger partial charge in [-0.3, -0.25) is 4.79 Å². The highest BCUT2D eigenvalue weighted by molar-refractivity contribution is 5.98. The third kappa shape index (κ3) is 9.08. The number of rotatable bonds is 15. The van der Waals surface area contributed by atoms with Crippen LogP contribution in [0.3, 0.4) is 0 Å². The quantitative estimate of drug-likeness (QED) is 0.0945. The van der Waals surface area contributed by atoms with E-state index in [-0.39, 0.29) is 35.1 Å². The van der Waals surface area contributed by atoms with Gasteiger partial charge in [0.1, 0.15) is 17.2 Å². The highest BCUT2D eigenvalue weighted by atomic mass is 16.5. The topological polar surface area (TPSA) is 144 Å². The molecule has 4 N–H and O–H groups in total. The van der Waals surface area contributed by atoms with Crippen LogP contribution in [0.2, 0.25) is 0 Å². The summed E-state index contributed by atoms with van der Waals surface area (Å²) in [6.45, 7) is 11.6. The molecule has 10 heteroatoms. The van der Waals surface area contributed by atoms with Crippen LogP contribution in [0.1, 0.15) is 76.7 Å². The third-order valence-electron chi connectivity index (χ3n) is 5.99. The summed E-state index contributed by atoms with van der Waals surface area (Å²) in [4.78, 5) is 26.8. The molecule has 10 nitrogen and oxygen atoms in total. The van der Waals surface area contributed by atoms with Gasteiger partial charge in [0.15, 0.2) is 11.4 Å². The minimum atomic E-state index is -1.53. The second-order valence-electron chi connectivity index (χ2n) is 10.2. The first-order valence-electron chi connectivity index (χ1n) is 13.1. The Morgan fingerprint density at radius 3 is 1.97 bits per heavy atom. The summed E-state index contributed by atoms with van der Waals surface area (Å²) >= 11 is 0. The Kier molecular flexibility index (Phi) is 11.4. The van der Waals surface area contributed by atoms with E-state index >= 15 is 0 Å². The maximum atomic E-state index is 13.4. The van der Waals surface area contributed by atoms with Gasteiger partial charge in [0.2, 0.25) is 0 Å². The zero-order chi connectivity index (χ0) is 29.2. The van der Waals surface area contributed by atoms with Crippen molar-refractivity contribution in [2.24, 2.45) is 10.9 Å². The van der Waals surface area contributed by atoms with E-state index in [1.165, 1.54) is 13.8 Å². The van der Waals surface area contributed by atoms with Crippen LogP contribution in [0.15, 0.2) is 47.6 Å². The Balaban J connectivity index is 1.96. The summed E-state index contributed by atoms with van der Waals surface area (Å²) < 4.78 is 17.4. The van der Waals surface area contributed by atoms with Gasteiger partial charge in [-0.1, -0.05) is 5.16 Å². The molecule has 39 heavy (non-hydrogen) atoms. The SMILES string of the molecule is CC(C)N(C(=O)c1ccc(OCCCCCOc2ccc(/C(N)=N/O)cc2)cc1OC(C)(C)C(=O)O)C(C)C. The minimum Gasteiger partial charge on any atom is -0.494 e. The number of benzene rings is 2. The number of aliphatic carboxylic acids is 1. The van der Waals surface area contributed by atoms with Crippen molar-refractivity contribution in [3.63, 3.8) is 0 Å². The maximum absolute atomic E-state index is 13.4. The minimum absolute atomic E-state index is 0.0418. The molecule has 0 aromatic heterocycles. The zero-order valence-corrected chi connectivity index (χ0v) is 23.6. The Labute approximate surface area is 230 Å². The van der Waals surface area contributed by atoms with E-state index in [4.69, 9.17) is 25.2 Å². The number of carboxylic acids is 1. The molecule has 0 aliphatic rings. The number of amidine groups is 1. The van der Waals surface area contributed by atoms with E-state index in [9.17, 15) is 14.7 Å². The standard InChI is InChI=1S/C29H41N3O7/c1-19(2)32(20(3)4)27(33)24-15-14-23(18-25(24)39-29(5,6)28(34)35)38-17-9-7-8-16-37-22-12-10-21(11-13-22)26(30)31-36/h10-15,18-20,36H,7-9,16-17H2,1-6H3,(H2,30,31)(H,34,35). The Bertz CT molecular complexity index is 1120.